The topological polar surface area (TPSA) is 20.2 Å². The molecule has 13 heavy (non-hydrogen) atoms. The Morgan fingerprint density at radius 3 is 2.85 bits per heavy atom. The van der Waals surface area contributed by atoms with Gasteiger partial charge in [-0.1, -0.05) is 25.1 Å². The molecule has 1 aliphatic carbocycles. The monoisotopic (exact) mass is 174 g/mol. The van der Waals surface area contributed by atoms with Crippen molar-refractivity contribution in [2.75, 3.05) is 0 Å². The van der Waals surface area contributed by atoms with E-state index in [2.05, 4.69) is 19.9 Å². The quantitative estimate of drug-likeness (QED) is 0.640. The number of hydrogen-bond donors (Lipinski definition) is 1. The first-order valence-corrected chi connectivity index (χ1v) is 4.69. The van der Waals surface area contributed by atoms with E-state index >= 15 is 0 Å². The third-order valence-corrected chi connectivity index (χ3v) is 2.75. The molecule has 0 aromatic heterocycles. The first-order chi connectivity index (χ1) is 6.20. The Bertz CT molecular complexity index is 364. The van der Waals surface area contributed by atoms with Gasteiger partial charge in [-0.25, -0.2) is 0 Å². The molecule has 0 heterocycles. The lowest BCUT2D eigenvalue weighted by molar-refractivity contribution is 0.471. The van der Waals surface area contributed by atoms with E-state index in [0.717, 1.165) is 12.0 Å². The third-order valence-electron chi connectivity index (χ3n) is 2.75. The summed E-state index contributed by atoms with van der Waals surface area (Å²) in [6, 6.07) is 3.76. The van der Waals surface area contributed by atoms with Crippen LogP contribution in [0.15, 0.2) is 18.2 Å². The zero-order valence-electron chi connectivity index (χ0n) is 8.04. The number of fused-ring (bicyclic) bond motifs is 1. The van der Waals surface area contributed by atoms with Crippen LogP contribution in [-0.4, -0.2) is 5.11 Å². The summed E-state index contributed by atoms with van der Waals surface area (Å²) in [5, 5.41) is 9.65. The molecule has 1 heteroatoms. The molecule has 1 aromatic rings. The molecule has 1 N–H and O–H groups in total. The van der Waals surface area contributed by atoms with Crippen LogP contribution >= 0.6 is 0 Å². The Labute approximate surface area is 78.7 Å². The van der Waals surface area contributed by atoms with Crippen molar-refractivity contribution in [3.05, 3.63) is 34.9 Å². The maximum absolute atomic E-state index is 9.65. The molecule has 0 fully saturated rings. The lowest BCUT2D eigenvalue weighted by Crippen LogP contribution is -2.02. The fourth-order valence-electron chi connectivity index (χ4n) is 2.07. The molecule has 0 aliphatic heterocycles. The van der Waals surface area contributed by atoms with Crippen molar-refractivity contribution >= 4 is 6.08 Å². The Balaban J connectivity index is 2.69. The zero-order valence-corrected chi connectivity index (χ0v) is 8.04. The van der Waals surface area contributed by atoms with E-state index < -0.39 is 0 Å². The lowest BCUT2D eigenvalue weighted by atomic mass is 9.85. The number of aromatic hydroxyl groups is 1. The molecule has 0 unspecified atom stereocenters. The van der Waals surface area contributed by atoms with Crippen LogP contribution in [0.3, 0.4) is 0 Å². The molecule has 0 bridgehead atoms. The normalized spacial score (nSPS) is 20.0. The maximum atomic E-state index is 9.65. The summed E-state index contributed by atoms with van der Waals surface area (Å²) in [6.45, 7) is 4.31. The van der Waals surface area contributed by atoms with Gasteiger partial charge in [-0.2, -0.15) is 0 Å². The molecule has 1 aromatic carbocycles. The van der Waals surface area contributed by atoms with Crippen molar-refractivity contribution in [2.24, 2.45) is 0 Å². The van der Waals surface area contributed by atoms with E-state index in [9.17, 15) is 5.11 Å². The van der Waals surface area contributed by atoms with Gasteiger partial charge in [0.2, 0.25) is 0 Å². The second kappa shape index (κ2) is 2.91. The number of aryl methyl sites for hydroxylation is 1. The van der Waals surface area contributed by atoms with Gasteiger partial charge in [0.15, 0.2) is 0 Å². The standard InChI is InChI=1S/C12H14O/c1-8-4-3-5-10-11(13)7-6-9(2)12(8)10/h3,5-8,13H,4H2,1-2H3/t8-/m1/s1. The first kappa shape index (κ1) is 8.36. The molecule has 1 atom stereocenters. The summed E-state index contributed by atoms with van der Waals surface area (Å²) >= 11 is 0. The maximum Gasteiger partial charge on any atom is 0.123 e. The average Bonchev–Trinajstić information content (AvgIpc) is 2.12. The van der Waals surface area contributed by atoms with Gasteiger partial charge >= 0.3 is 0 Å². The number of phenols is 1. The first-order valence-electron chi connectivity index (χ1n) is 4.69. The van der Waals surface area contributed by atoms with Crippen molar-refractivity contribution in [1.82, 2.24) is 0 Å². The van der Waals surface area contributed by atoms with Crippen LogP contribution in [0, 0.1) is 6.92 Å². The summed E-state index contributed by atoms with van der Waals surface area (Å²) in [5.41, 5.74) is 3.60. The summed E-state index contributed by atoms with van der Waals surface area (Å²) in [7, 11) is 0. The molecule has 1 aliphatic rings. The molecule has 2 rings (SSSR count). The molecule has 0 amide bonds. The van der Waals surface area contributed by atoms with Gasteiger partial charge < -0.3 is 5.11 Å². The number of rotatable bonds is 0. The lowest BCUT2D eigenvalue weighted by Gasteiger charge is -2.20. The van der Waals surface area contributed by atoms with Gasteiger partial charge in [-0.15, -0.1) is 0 Å². The van der Waals surface area contributed by atoms with Crippen LogP contribution in [0.25, 0.3) is 6.08 Å². The van der Waals surface area contributed by atoms with E-state index in [1.165, 1.54) is 11.1 Å². The minimum Gasteiger partial charge on any atom is -0.507 e. The Hall–Kier alpha value is -1.24. The fourth-order valence-corrected chi connectivity index (χ4v) is 2.07. The predicted octanol–water partition coefficient (Wildman–Crippen LogP) is 3.22. The Morgan fingerprint density at radius 1 is 1.38 bits per heavy atom. The van der Waals surface area contributed by atoms with Crippen molar-refractivity contribution < 1.29 is 5.11 Å². The van der Waals surface area contributed by atoms with Crippen LogP contribution < -0.4 is 0 Å². The van der Waals surface area contributed by atoms with E-state index in [-0.39, 0.29) is 0 Å². The molecule has 0 saturated heterocycles. The number of allylic oxidation sites excluding steroid dienone is 1. The number of hydrogen-bond acceptors (Lipinski definition) is 1. The summed E-state index contributed by atoms with van der Waals surface area (Å²) in [5.74, 6) is 0.940. The summed E-state index contributed by atoms with van der Waals surface area (Å²) < 4.78 is 0. The Kier molecular flexibility index (Phi) is 1.87. The number of benzene rings is 1. The third kappa shape index (κ3) is 1.24. The summed E-state index contributed by atoms with van der Waals surface area (Å²) in [4.78, 5) is 0. The molecule has 0 saturated carbocycles. The van der Waals surface area contributed by atoms with Crippen molar-refractivity contribution in [2.45, 2.75) is 26.2 Å². The summed E-state index contributed by atoms with van der Waals surface area (Å²) in [6.07, 6.45) is 5.24. The van der Waals surface area contributed by atoms with Crippen LogP contribution in [-0.2, 0) is 0 Å². The molecular weight excluding hydrogens is 160 g/mol. The molecule has 0 spiro atoms. The van der Waals surface area contributed by atoms with E-state index in [1.54, 1.807) is 6.07 Å². The molecule has 68 valence electrons. The van der Waals surface area contributed by atoms with E-state index in [4.69, 9.17) is 0 Å². The minimum absolute atomic E-state index is 0.406. The van der Waals surface area contributed by atoms with E-state index in [0.29, 0.717) is 11.7 Å². The smallest absolute Gasteiger partial charge is 0.123 e. The van der Waals surface area contributed by atoms with Gasteiger partial charge in [0, 0.05) is 5.56 Å². The predicted molar refractivity (Wildman–Crippen MR) is 54.9 cm³/mol. The van der Waals surface area contributed by atoms with Crippen LogP contribution in [0.2, 0.25) is 0 Å². The minimum atomic E-state index is 0.406. The van der Waals surface area contributed by atoms with Crippen LogP contribution in [0.1, 0.15) is 36.0 Å². The van der Waals surface area contributed by atoms with Gasteiger partial charge in [0.1, 0.15) is 5.75 Å². The van der Waals surface area contributed by atoms with E-state index in [1.807, 2.05) is 12.1 Å². The van der Waals surface area contributed by atoms with Crippen molar-refractivity contribution in [1.29, 1.82) is 0 Å². The molecule has 0 radical (unpaired) electrons. The highest BCUT2D eigenvalue weighted by Gasteiger charge is 2.16. The average molecular weight is 174 g/mol. The highest BCUT2D eigenvalue weighted by Crippen LogP contribution is 2.36. The van der Waals surface area contributed by atoms with Crippen LogP contribution in [0.5, 0.6) is 5.75 Å². The van der Waals surface area contributed by atoms with Crippen molar-refractivity contribution in [3.63, 3.8) is 0 Å². The van der Waals surface area contributed by atoms with Gasteiger partial charge in [0.05, 0.1) is 0 Å². The highest BCUT2D eigenvalue weighted by atomic mass is 16.3. The zero-order chi connectivity index (χ0) is 9.42. The Morgan fingerprint density at radius 2 is 2.15 bits per heavy atom. The largest absolute Gasteiger partial charge is 0.507 e. The number of phenolic OH excluding ortho intramolecular Hbond substituents is 1. The van der Waals surface area contributed by atoms with Gasteiger partial charge in [-0.3, -0.25) is 0 Å². The fraction of sp³-hybridized carbons (Fsp3) is 0.333. The second-order valence-corrected chi connectivity index (χ2v) is 3.77. The highest BCUT2D eigenvalue weighted by molar-refractivity contribution is 5.65. The van der Waals surface area contributed by atoms with Crippen LogP contribution in [0.4, 0.5) is 0 Å². The SMILES string of the molecule is Cc1ccc(O)c2c1[C@H](C)CC=C2. The molecular formula is C12H14O. The van der Waals surface area contributed by atoms with Gasteiger partial charge in [-0.05, 0) is 36.5 Å². The van der Waals surface area contributed by atoms with Crippen molar-refractivity contribution in [3.8, 4) is 5.75 Å². The second-order valence-electron chi connectivity index (χ2n) is 3.77. The van der Waals surface area contributed by atoms with Gasteiger partial charge in [0.25, 0.3) is 0 Å². The molecule has 1 nitrogen and oxygen atoms in total.